The Labute approximate surface area is 128 Å². The van der Waals surface area contributed by atoms with E-state index in [1.807, 2.05) is 0 Å². The first kappa shape index (κ1) is 15.9. The number of methoxy groups -OCH3 is 1. The lowest BCUT2D eigenvalue weighted by Crippen LogP contribution is -2.27. The van der Waals surface area contributed by atoms with E-state index in [-0.39, 0.29) is 18.2 Å². The van der Waals surface area contributed by atoms with Gasteiger partial charge in [-0.05, 0) is 42.3 Å². The van der Waals surface area contributed by atoms with E-state index in [9.17, 15) is 13.6 Å². The number of carbonyl (C=O) groups excluding carboxylic acids is 1. The molecule has 0 unspecified atom stereocenters. The number of carbonyl (C=O) groups is 1. The van der Waals surface area contributed by atoms with Crippen molar-refractivity contribution in [2.45, 2.75) is 13.5 Å². The lowest BCUT2D eigenvalue weighted by atomic mass is 10.1. The highest BCUT2D eigenvalue weighted by molar-refractivity contribution is 5.95. The first-order valence-corrected chi connectivity index (χ1v) is 6.76. The minimum absolute atomic E-state index is 0.152. The average Bonchev–Trinajstić information content (AvgIpc) is 2.49. The predicted octanol–water partition coefficient (Wildman–Crippen LogP) is 3.55. The first-order valence-electron chi connectivity index (χ1n) is 6.76. The van der Waals surface area contributed by atoms with Gasteiger partial charge in [-0.1, -0.05) is 12.1 Å². The molecule has 2 rings (SSSR count). The van der Waals surface area contributed by atoms with E-state index < -0.39 is 11.6 Å². The number of aryl methyl sites for hydroxylation is 1. The molecule has 0 aliphatic heterocycles. The van der Waals surface area contributed by atoms with Gasteiger partial charge < -0.3 is 9.64 Å². The summed E-state index contributed by atoms with van der Waals surface area (Å²) in [4.78, 5) is 13.8. The molecule has 2 aromatic rings. The molecule has 0 radical (unpaired) electrons. The van der Waals surface area contributed by atoms with Gasteiger partial charge in [0.05, 0.1) is 7.11 Å². The van der Waals surface area contributed by atoms with Gasteiger partial charge in [-0.25, -0.2) is 8.78 Å². The molecule has 116 valence electrons. The van der Waals surface area contributed by atoms with Crippen molar-refractivity contribution in [3.8, 4) is 5.75 Å². The quantitative estimate of drug-likeness (QED) is 0.864. The number of halogens is 2. The lowest BCUT2D eigenvalue weighted by molar-refractivity contribution is 0.0783. The Kier molecular flexibility index (Phi) is 4.75. The number of hydrogen-bond acceptors (Lipinski definition) is 2. The number of benzene rings is 2. The van der Waals surface area contributed by atoms with E-state index in [1.54, 1.807) is 26.1 Å². The summed E-state index contributed by atoms with van der Waals surface area (Å²) in [6.07, 6.45) is 0. The molecular formula is C17H17F2NO2. The fourth-order valence-electron chi connectivity index (χ4n) is 2.18. The zero-order valence-electron chi connectivity index (χ0n) is 12.7. The van der Waals surface area contributed by atoms with Gasteiger partial charge >= 0.3 is 0 Å². The summed E-state index contributed by atoms with van der Waals surface area (Å²) in [7, 11) is 2.98. The Hall–Kier alpha value is -2.43. The average molecular weight is 305 g/mol. The molecule has 0 saturated heterocycles. The maximum atomic E-state index is 13.7. The Balaban J connectivity index is 2.18. The minimum Gasteiger partial charge on any atom is -0.494 e. The summed E-state index contributed by atoms with van der Waals surface area (Å²) < 4.78 is 31.8. The summed E-state index contributed by atoms with van der Waals surface area (Å²) in [5.41, 5.74) is 1.62. The van der Waals surface area contributed by atoms with Gasteiger partial charge in [-0.2, -0.15) is 0 Å². The van der Waals surface area contributed by atoms with Gasteiger partial charge in [-0.15, -0.1) is 0 Å². The highest BCUT2D eigenvalue weighted by Crippen LogP contribution is 2.19. The van der Waals surface area contributed by atoms with Crippen molar-refractivity contribution in [2.24, 2.45) is 0 Å². The molecule has 0 heterocycles. The van der Waals surface area contributed by atoms with Crippen LogP contribution in [0.15, 0.2) is 36.4 Å². The molecular weight excluding hydrogens is 288 g/mol. The molecule has 0 aliphatic rings. The first-order chi connectivity index (χ1) is 10.4. The van der Waals surface area contributed by atoms with Crippen LogP contribution in [0, 0.1) is 18.6 Å². The highest BCUT2D eigenvalue weighted by atomic mass is 19.1. The van der Waals surface area contributed by atoms with E-state index in [0.717, 1.165) is 0 Å². The highest BCUT2D eigenvalue weighted by Gasteiger charge is 2.16. The van der Waals surface area contributed by atoms with Gasteiger partial charge in [0, 0.05) is 19.2 Å². The van der Waals surface area contributed by atoms with E-state index in [4.69, 9.17) is 4.74 Å². The standard InChI is InChI=1S/C17H17F2NO2/c1-11-4-6-13(18)9-14(11)17(21)20(2)10-12-5-7-16(22-3)15(19)8-12/h4-9H,10H2,1-3H3. The van der Waals surface area contributed by atoms with E-state index in [1.165, 1.54) is 36.3 Å². The topological polar surface area (TPSA) is 29.5 Å². The second-order valence-corrected chi connectivity index (χ2v) is 5.09. The van der Waals surface area contributed by atoms with Gasteiger partial charge in [-0.3, -0.25) is 4.79 Å². The Morgan fingerprint density at radius 2 is 1.91 bits per heavy atom. The maximum absolute atomic E-state index is 13.7. The van der Waals surface area contributed by atoms with Crippen LogP contribution in [-0.4, -0.2) is 25.0 Å². The van der Waals surface area contributed by atoms with Crippen LogP contribution < -0.4 is 4.74 Å². The summed E-state index contributed by atoms with van der Waals surface area (Å²) in [5, 5.41) is 0. The molecule has 0 aromatic heterocycles. The zero-order chi connectivity index (χ0) is 16.3. The van der Waals surface area contributed by atoms with Crippen molar-refractivity contribution < 1.29 is 18.3 Å². The zero-order valence-corrected chi connectivity index (χ0v) is 12.7. The second kappa shape index (κ2) is 6.56. The van der Waals surface area contributed by atoms with Gasteiger partial charge in [0.2, 0.25) is 0 Å². The lowest BCUT2D eigenvalue weighted by Gasteiger charge is -2.19. The summed E-state index contributed by atoms with van der Waals surface area (Å²) >= 11 is 0. The van der Waals surface area contributed by atoms with Crippen LogP contribution in [0.2, 0.25) is 0 Å². The van der Waals surface area contributed by atoms with Crippen molar-refractivity contribution in [2.75, 3.05) is 14.2 Å². The van der Waals surface area contributed by atoms with E-state index in [0.29, 0.717) is 16.7 Å². The fourth-order valence-corrected chi connectivity index (χ4v) is 2.18. The molecule has 0 N–H and O–H groups in total. The molecule has 0 fully saturated rings. The molecule has 0 aliphatic carbocycles. The fraction of sp³-hybridized carbons (Fsp3) is 0.235. The molecule has 0 spiro atoms. The van der Waals surface area contributed by atoms with Crippen molar-refractivity contribution >= 4 is 5.91 Å². The van der Waals surface area contributed by atoms with E-state index >= 15 is 0 Å². The second-order valence-electron chi connectivity index (χ2n) is 5.09. The molecule has 2 aromatic carbocycles. The van der Waals surface area contributed by atoms with Crippen LogP contribution in [-0.2, 0) is 6.54 Å². The number of nitrogens with zero attached hydrogens (tertiary/aromatic N) is 1. The summed E-state index contributed by atoms with van der Waals surface area (Å²) in [6, 6.07) is 8.60. The van der Waals surface area contributed by atoms with Gasteiger partial charge in [0.1, 0.15) is 5.82 Å². The van der Waals surface area contributed by atoms with Crippen molar-refractivity contribution in [3.63, 3.8) is 0 Å². The van der Waals surface area contributed by atoms with Crippen LogP contribution in [0.4, 0.5) is 8.78 Å². The Morgan fingerprint density at radius 3 is 2.55 bits per heavy atom. The van der Waals surface area contributed by atoms with Crippen LogP contribution in [0.3, 0.4) is 0 Å². The van der Waals surface area contributed by atoms with Crippen LogP contribution >= 0.6 is 0 Å². The number of amides is 1. The van der Waals surface area contributed by atoms with Crippen LogP contribution in [0.25, 0.3) is 0 Å². The van der Waals surface area contributed by atoms with Gasteiger partial charge in [0.25, 0.3) is 5.91 Å². The molecule has 3 nitrogen and oxygen atoms in total. The number of rotatable bonds is 4. The third-order valence-electron chi connectivity index (χ3n) is 3.41. The molecule has 5 heteroatoms. The normalized spacial score (nSPS) is 10.4. The maximum Gasteiger partial charge on any atom is 0.254 e. The van der Waals surface area contributed by atoms with Crippen LogP contribution in [0.5, 0.6) is 5.75 Å². The third kappa shape index (κ3) is 3.42. The van der Waals surface area contributed by atoms with Crippen molar-refractivity contribution in [3.05, 3.63) is 64.7 Å². The Morgan fingerprint density at radius 1 is 1.18 bits per heavy atom. The predicted molar refractivity (Wildman–Crippen MR) is 79.9 cm³/mol. The monoisotopic (exact) mass is 305 g/mol. The molecule has 0 bridgehead atoms. The largest absolute Gasteiger partial charge is 0.494 e. The Bertz CT molecular complexity index is 701. The van der Waals surface area contributed by atoms with E-state index in [2.05, 4.69) is 0 Å². The molecule has 0 atom stereocenters. The minimum atomic E-state index is -0.484. The molecule has 1 amide bonds. The molecule has 0 saturated carbocycles. The number of hydrogen-bond donors (Lipinski definition) is 0. The number of ether oxygens (including phenoxy) is 1. The SMILES string of the molecule is COc1ccc(CN(C)C(=O)c2cc(F)ccc2C)cc1F. The van der Waals surface area contributed by atoms with Crippen molar-refractivity contribution in [1.82, 2.24) is 4.90 Å². The molecule has 22 heavy (non-hydrogen) atoms. The smallest absolute Gasteiger partial charge is 0.254 e. The summed E-state index contributed by atoms with van der Waals surface area (Å²) in [6.45, 7) is 1.96. The van der Waals surface area contributed by atoms with Gasteiger partial charge in [0.15, 0.2) is 11.6 Å². The third-order valence-corrected chi connectivity index (χ3v) is 3.41. The summed E-state index contributed by atoms with van der Waals surface area (Å²) in [5.74, 6) is -1.10. The van der Waals surface area contributed by atoms with Crippen molar-refractivity contribution in [1.29, 1.82) is 0 Å². The van der Waals surface area contributed by atoms with Crippen LogP contribution in [0.1, 0.15) is 21.5 Å².